The summed E-state index contributed by atoms with van der Waals surface area (Å²) in [5.41, 5.74) is 0.807. The van der Waals surface area contributed by atoms with E-state index >= 15 is 0 Å². The number of rotatable bonds is 3. The third-order valence-corrected chi connectivity index (χ3v) is 3.92. The van der Waals surface area contributed by atoms with Crippen molar-refractivity contribution in [1.29, 1.82) is 0 Å². The standard InChI is InChI=1S/C14H20N2O2/c17-13-8-12(9-15-6-2-1-3-7-15)16(10-14(13)18)11-4-5-11/h8,10-11,18H,1-7,9H2. The van der Waals surface area contributed by atoms with Crippen LogP contribution in [-0.4, -0.2) is 27.7 Å². The summed E-state index contributed by atoms with van der Waals surface area (Å²) >= 11 is 0. The van der Waals surface area contributed by atoms with E-state index < -0.39 is 0 Å². The molecule has 1 saturated carbocycles. The second kappa shape index (κ2) is 4.76. The first-order chi connectivity index (χ1) is 8.74. The van der Waals surface area contributed by atoms with Crippen LogP contribution in [-0.2, 0) is 6.54 Å². The predicted molar refractivity (Wildman–Crippen MR) is 69.8 cm³/mol. The molecule has 2 fully saturated rings. The summed E-state index contributed by atoms with van der Waals surface area (Å²) in [5, 5.41) is 9.56. The third-order valence-electron chi connectivity index (χ3n) is 3.92. The normalized spacial score (nSPS) is 21.1. The maximum atomic E-state index is 11.6. The Labute approximate surface area is 107 Å². The summed E-state index contributed by atoms with van der Waals surface area (Å²) < 4.78 is 2.10. The summed E-state index contributed by atoms with van der Waals surface area (Å²) in [6.07, 6.45) is 7.78. The van der Waals surface area contributed by atoms with Gasteiger partial charge in [-0.2, -0.15) is 0 Å². The molecule has 2 aliphatic rings. The molecule has 1 N–H and O–H groups in total. The Bertz CT molecular complexity index is 485. The van der Waals surface area contributed by atoms with E-state index in [-0.39, 0.29) is 11.2 Å². The molecule has 1 aromatic heterocycles. The lowest BCUT2D eigenvalue weighted by Crippen LogP contribution is -2.31. The highest BCUT2D eigenvalue weighted by Gasteiger charge is 2.26. The van der Waals surface area contributed by atoms with Gasteiger partial charge < -0.3 is 9.67 Å². The van der Waals surface area contributed by atoms with Crippen LogP contribution in [0.5, 0.6) is 5.75 Å². The highest BCUT2D eigenvalue weighted by molar-refractivity contribution is 5.22. The monoisotopic (exact) mass is 248 g/mol. The average molecular weight is 248 g/mol. The van der Waals surface area contributed by atoms with Gasteiger partial charge in [0.05, 0.1) is 6.20 Å². The van der Waals surface area contributed by atoms with Crippen LogP contribution in [0.1, 0.15) is 43.8 Å². The maximum absolute atomic E-state index is 11.6. The van der Waals surface area contributed by atoms with Crippen LogP contribution in [0.3, 0.4) is 0 Å². The predicted octanol–water partition coefficient (Wildman–Crippen LogP) is 1.87. The number of pyridine rings is 1. The van der Waals surface area contributed by atoms with Crippen molar-refractivity contribution in [3.05, 3.63) is 28.2 Å². The lowest BCUT2D eigenvalue weighted by Gasteiger charge is -2.27. The first kappa shape index (κ1) is 11.8. The smallest absolute Gasteiger partial charge is 0.223 e. The molecular weight excluding hydrogens is 228 g/mol. The van der Waals surface area contributed by atoms with E-state index in [1.54, 1.807) is 12.3 Å². The van der Waals surface area contributed by atoms with Crippen LogP contribution in [0.2, 0.25) is 0 Å². The molecule has 1 aliphatic heterocycles. The molecule has 4 heteroatoms. The first-order valence-electron chi connectivity index (χ1n) is 6.90. The molecule has 0 unspecified atom stereocenters. The number of aromatic hydroxyl groups is 1. The van der Waals surface area contributed by atoms with Crippen LogP contribution < -0.4 is 5.43 Å². The summed E-state index contributed by atoms with van der Waals surface area (Å²) in [6.45, 7) is 3.09. The lowest BCUT2D eigenvalue weighted by molar-refractivity contribution is 0.215. The highest BCUT2D eigenvalue weighted by Crippen LogP contribution is 2.36. The second-order valence-corrected chi connectivity index (χ2v) is 5.49. The Balaban J connectivity index is 1.84. The molecule has 1 saturated heterocycles. The molecule has 0 spiro atoms. The number of piperidine rings is 1. The van der Waals surface area contributed by atoms with Crippen LogP contribution in [0, 0.1) is 0 Å². The minimum atomic E-state index is -0.251. The van der Waals surface area contributed by atoms with Crippen molar-refractivity contribution in [2.75, 3.05) is 13.1 Å². The molecular formula is C14H20N2O2. The molecule has 4 nitrogen and oxygen atoms in total. The van der Waals surface area contributed by atoms with E-state index in [0.717, 1.165) is 38.2 Å². The van der Waals surface area contributed by atoms with E-state index in [2.05, 4.69) is 9.47 Å². The zero-order valence-corrected chi connectivity index (χ0v) is 10.6. The van der Waals surface area contributed by atoms with Crippen LogP contribution >= 0.6 is 0 Å². The molecule has 98 valence electrons. The van der Waals surface area contributed by atoms with Crippen molar-refractivity contribution in [2.24, 2.45) is 0 Å². The molecule has 0 aromatic carbocycles. The fourth-order valence-electron chi connectivity index (χ4n) is 2.74. The van der Waals surface area contributed by atoms with Gasteiger partial charge >= 0.3 is 0 Å². The van der Waals surface area contributed by atoms with Gasteiger partial charge in [0.1, 0.15) is 0 Å². The van der Waals surface area contributed by atoms with Gasteiger partial charge in [-0.1, -0.05) is 6.42 Å². The van der Waals surface area contributed by atoms with Gasteiger partial charge in [0.25, 0.3) is 0 Å². The largest absolute Gasteiger partial charge is 0.503 e. The van der Waals surface area contributed by atoms with E-state index in [1.165, 1.54) is 19.3 Å². The molecule has 0 amide bonds. The van der Waals surface area contributed by atoms with Crippen molar-refractivity contribution in [1.82, 2.24) is 9.47 Å². The zero-order chi connectivity index (χ0) is 12.5. The van der Waals surface area contributed by atoms with Crippen LogP contribution in [0.4, 0.5) is 0 Å². The number of aromatic nitrogens is 1. The molecule has 1 aromatic rings. The van der Waals surface area contributed by atoms with Gasteiger partial charge in [-0.3, -0.25) is 9.69 Å². The van der Waals surface area contributed by atoms with E-state index in [1.807, 2.05) is 0 Å². The SMILES string of the molecule is O=c1cc(CN2CCCCC2)n(C2CC2)cc1O. The fraction of sp³-hybridized carbons (Fsp3) is 0.643. The third kappa shape index (κ3) is 2.43. The van der Waals surface area contributed by atoms with Gasteiger partial charge in [-0.25, -0.2) is 0 Å². The Morgan fingerprint density at radius 1 is 1.22 bits per heavy atom. The van der Waals surface area contributed by atoms with Gasteiger partial charge in [-0.15, -0.1) is 0 Å². The summed E-state index contributed by atoms with van der Waals surface area (Å²) in [6, 6.07) is 2.11. The summed E-state index contributed by atoms with van der Waals surface area (Å²) in [4.78, 5) is 14.0. The molecule has 3 rings (SSSR count). The first-order valence-corrected chi connectivity index (χ1v) is 6.90. The minimum absolute atomic E-state index is 0.121. The van der Waals surface area contributed by atoms with Crippen molar-refractivity contribution in [2.45, 2.75) is 44.7 Å². The Hall–Kier alpha value is -1.29. The average Bonchev–Trinajstić information content (AvgIpc) is 3.19. The van der Waals surface area contributed by atoms with Gasteiger partial charge in [0, 0.05) is 24.3 Å². The molecule has 0 radical (unpaired) electrons. The van der Waals surface area contributed by atoms with Crippen molar-refractivity contribution >= 4 is 0 Å². The van der Waals surface area contributed by atoms with E-state index in [0.29, 0.717) is 6.04 Å². The van der Waals surface area contributed by atoms with Gasteiger partial charge in [0.15, 0.2) is 5.75 Å². The second-order valence-electron chi connectivity index (χ2n) is 5.49. The highest BCUT2D eigenvalue weighted by atomic mass is 16.3. The van der Waals surface area contributed by atoms with Crippen molar-refractivity contribution in [3.8, 4) is 5.75 Å². The lowest BCUT2D eigenvalue weighted by atomic mass is 10.1. The molecule has 0 atom stereocenters. The number of likely N-dealkylation sites (tertiary alicyclic amines) is 1. The van der Waals surface area contributed by atoms with Crippen molar-refractivity contribution < 1.29 is 5.11 Å². The maximum Gasteiger partial charge on any atom is 0.223 e. The number of hydrogen-bond donors (Lipinski definition) is 1. The van der Waals surface area contributed by atoms with E-state index in [4.69, 9.17) is 0 Å². The zero-order valence-electron chi connectivity index (χ0n) is 10.6. The van der Waals surface area contributed by atoms with Crippen LogP contribution in [0.15, 0.2) is 17.1 Å². The Morgan fingerprint density at radius 2 is 1.94 bits per heavy atom. The Morgan fingerprint density at radius 3 is 2.61 bits per heavy atom. The molecule has 2 heterocycles. The summed E-state index contributed by atoms with van der Waals surface area (Å²) in [7, 11) is 0. The van der Waals surface area contributed by atoms with Crippen LogP contribution in [0.25, 0.3) is 0 Å². The molecule has 0 bridgehead atoms. The van der Waals surface area contributed by atoms with E-state index in [9.17, 15) is 9.90 Å². The summed E-state index contributed by atoms with van der Waals surface area (Å²) in [5.74, 6) is -0.121. The topological polar surface area (TPSA) is 45.5 Å². The number of hydrogen-bond acceptors (Lipinski definition) is 3. The van der Waals surface area contributed by atoms with Gasteiger partial charge in [-0.05, 0) is 38.8 Å². The fourth-order valence-corrected chi connectivity index (χ4v) is 2.74. The molecule has 1 aliphatic carbocycles. The van der Waals surface area contributed by atoms with Gasteiger partial charge in [0.2, 0.25) is 5.43 Å². The minimum Gasteiger partial charge on any atom is -0.503 e. The molecule has 18 heavy (non-hydrogen) atoms. The Kier molecular flexibility index (Phi) is 3.12. The van der Waals surface area contributed by atoms with Crippen molar-refractivity contribution in [3.63, 3.8) is 0 Å². The number of nitrogens with zero attached hydrogens (tertiary/aromatic N) is 2. The quantitative estimate of drug-likeness (QED) is 0.888.